The summed E-state index contributed by atoms with van der Waals surface area (Å²) in [6, 6.07) is 11.1. The normalized spacial score (nSPS) is 10.7. The maximum Gasteiger partial charge on any atom is 0.320 e. The fourth-order valence-electron chi connectivity index (χ4n) is 2.97. The number of hydrogen-bond donors (Lipinski definition) is 0. The Hall–Kier alpha value is -3.28. The second kappa shape index (κ2) is 7.53. The highest BCUT2D eigenvalue weighted by atomic mass is 16.5. The van der Waals surface area contributed by atoms with Crippen molar-refractivity contribution < 1.29 is 9.47 Å². The van der Waals surface area contributed by atoms with Gasteiger partial charge in [-0.1, -0.05) is 23.8 Å². The number of ether oxygens (including phenoxy) is 2. The van der Waals surface area contributed by atoms with Crippen LogP contribution in [0.4, 0.5) is 0 Å². The van der Waals surface area contributed by atoms with Gasteiger partial charge in [0.25, 0.3) is 0 Å². The quantitative estimate of drug-likeness (QED) is 0.652. The fourth-order valence-corrected chi connectivity index (χ4v) is 2.97. The van der Waals surface area contributed by atoms with Gasteiger partial charge in [0, 0.05) is 18.5 Å². The van der Waals surface area contributed by atoms with Crippen LogP contribution in [0, 0.1) is 13.8 Å². The van der Waals surface area contributed by atoms with E-state index in [1.807, 2.05) is 32.0 Å². The Morgan fingerprint density at radius 1 is 0.852 bits per heavy atom. The molecule has 0 N–H and O–H groups in total. The topological polar surface area (TPSA) is 62.5 Å². The number of hydrogen-bond acceptors (Lipinski definition) is 4. The summed E-state index contributed by atoms with van der Waals surface area (Å²) in [7, 11) is 3.06. The van der Waals surface area contributed by atoms with Gasteiger partial charge >= 0.3 is 11.1 Å². The van der Waals surface area contributed by atoms with Gasteiger partial charge in [-0.05, 0) is 37.1 Å². The molecule has 0 saturated carbocycles. The molecule has 3 aromatic rings. The number of rotatable bonds is 5. The van der Waals surface area contributed by atoms with Gasteiger partial charge in [0.05, 0.1) is 26.5 Å². The maximum absolute atomic E-state index is 12.6. The Morgan fingerprint density at radius 2 is 1.59 bits per heavy atom. The summed E-state index contributed by atoms with van der Waals surface area (Å²) < 4.78 is 13.2. The molecule has 0 atom stereocenters. The van der Waals surface area contributed by atoms with Crippen LogP contribution in [-0.2, 0) is 6.54 Å². The standard InChI is InChI=1S/C21H22N2O4/c1-14-5-6-15(2)16(11-14)13-22-9-10-23(21(25)20(22)24)17-7-8-18(26-3)19(12-17)27-4/h5-12H,13H2,1-4H3. The molecule has 0 radical (unpaired) electrons. The first-order valence-electron chi connectivity index (χ1n) is 8.55. The van der Waals surface area contributed by atoms with E-state index in [2.05, 4.69) is 0 Å². The molecule has 0 amide bonds. The van der Waals surface area contributed by atoms with Gasteiger partial charge in [-0.2, -0.15) is 0 Å². The predicted molar refractivity (Wildman–Crippen MR) is 104 cm³/mol. The third-order valence-corrected chi connectivity index (χ3v) is 4.55. The van der Waals surface area contributed by atoms with Crippen molar-refractivity contribution in [3.63, 3.8) is 0 Å². The van der Waals surface area contributed by atoms with Gasteiger partial charge in [-0.25, -0.2) is 0 Å². The van der Waals surface area contributed by atoms with E-state index in [0.717, 1.165) is 16.7 Å². The van der Waals surface area contributed by atoms with Crippen LogP contribution in [-0.4, -0.2) is 23.4 Å². The van der Waals surface area contributed by atoms with Crippen LogP contribution in [0.1, 0.15) is 16.7 Å². The largest absolute Gasteiger partial charge is 0.493 e. The molecule has 27 heavy (non-hydrogen) atoms. The number of aromatic nitrogens is 2. The molecule has 140 valence electrons. The average molecular weight is 366 g/mol. The number of methoxy groups -OCH3 is 2. The summed E-state index contributed by atoms with van der Waals surface area (Å²) in [6.07, 6.45) is 3.22. The van der Waals surface area contributed by atoms with Gasteiger partial charge in [-0.3, -0.25) is 14.2 Å². The molecule has 1 heterocycles. The van der Waals surface area contributed by atoms with Crippen molar-refractivity contribution in [3.8, 4) is 17.2 Å². The minimum atomic E-state index is -0.616. The van der Waals surface area contributed by atoms with E-state index in [4.69, 9.17) is 9.47 Å². The van der Waals surface area contributed by atoms with E-state index in [9.17, 15) is 9.59 Å². The van der Waals surface area contributed by atoms with Gasteiger partial charge in [0.15, 0.2) is 11.5 Å². The minimum Gasteiger partial charge on any atom is -0.493 e. The highest BCUT2D eigenvalue weighted by Gasteiger charge is 2.11. The zero-order valence-corrected chi connectivity index (χ0v) is 15.9. The van der Waals surface area contributed by atoms with Crippen LogP contribution < -0.4 is 20.6 Å². The van der Waals surface area contributed by atoms with Crippen molar-refractivity contribution in [2.45, 2.75) is 20.4 Å². The minimum absolute atomic E-state index is 0.356. The lowest BCUT2D eigenvalue weighted by atomic mass is 10.1. The van der Waals surface area contributed by atoms with Gasteiger partial charge in [-0.15, -0.1) is 0 Å². The van der Waals surface area contributed by atoms with Crippen LogP contribution in [0.5, 0.6) is 11.5 Å². The van der Waals surface area contributed by atoms with Crippen molar-refractivity contribution in [2.24, 2.45) is 0 Å². The van der Waals surface area contributed by atoms with Crippen molar-refractivity contribution in [2.75, 3.05) is 14.2 Å². The predicted octanol–water partition coefficient (Wildman–Crippen LogP) is 2.68. The summed E-state index contributed by atoms with van der Waals surface area (Å²) in [5, 5.41) is 0. The molecule has 1 aromatic heterocycles. The Morgan fingerprint density at radius 3 is 2.30 bits per heavy atom. The molecule has 0 spiro atoms. The Balaban J connectivity index is 2.02. The molecule has 0 aliphatic heterocycles. The molecular weight excluding hydrogens is 344 g/mol. The zero-order chi connectivity index (χ0) is 19.6. The highest BCUT2D eigenvalue weighted by molar-refractivity contribution is 5.48. The summed E-state index contributed by atoms with van der Waals surface area (Å²) in [5.41, 5.74) is 2.55. The van der Waals surface area contributed by atoms with Gasteiger partial charge in [0.2, 0.25) is 0 Å². The van der Waals surface area contributed by atoms with E-state index in [1.54, 1.807) is 30.6 Å². The van der Waals surface area contributed by atoms with Crippen LogP contribution in [0.2, 0.25) is 0 Å². The molecule has 6 heteroatoms. The van der Waals surface area contributed by atoms with Crippen LogP contribution in [0.15, 0.2) is 58.4 Å². The molecule has 0 saturated heterocycles. The number of nitrogens with zero attached hydrogens (tertiary/aromatic N) is 2. The SMILES string of the molecule is COc1ccc(-n2ccn(Cc3cc(C)ccc3C)c(=O)c2=O)cc1OC. The van der Waals surface area contributed by atoms with Crippen molar-refractivity contribution >= 4 is 0 Å². The molecule has 0 aliphatic carbocycles. The third kappa shape index (κ3) is 3.65. The average Bonchev–Trinajstić information content (AvgIpc) is 2.68. The smallest absolute Gasteiger partial charge is 0.320 e. The Kier molecular flexibility index (Phi) is 5.16. The molecule has 0 bridgehead atoms. The lowest BCUT2D eigenvalue weighted by Gasteiger charge is -2.13. The van der Waals surface area contributed by atoms with Crippen molar-refractivity contribution in [1.82, 2.24) is 9.13 Å². The molecule has 0 fully saturated rings. The molecular formula is C21H22N2O4. The van der Waals surface area contributed by atoms with E-state index in [1.165, 1.54) is 23.4 Å². The first-order chi connectivity index (χ1) is 12.9. The summed E-state index contributed by atoms with van der Waals surface area (Å²) in [6.45, 7) is 4.35. The fraction of sp³-hybridized carbons (Fsp3) is 0.238. The number of aryl methyl sites for hydroxylation is 2. The summed E-state index contributed by atoms with van der Waals surface area (Å²) >= 11 is 0. The lowest BCUT2D eigenvalue weighted by Crippen LogP contribution is -2.40. The van der Waals surface area contributed by atoms with Gasteiger partial charge < -0.3 is 14.0 Å². The first kappa shape index (κ1) is 18.5. The third-order valence-electron chi connectivity index (χ3n) is 4.55. The highest BCUT2D eigenvalue weighted by Crippen LogP contribution is 2.28. The van der Waals surface area contributed by atoms with Crippen LogP contribution in [0.25, 0.3) is 5.69 Å². The van der Waals surface area contributed by atoms with E-state index in [-0.39, 0.29) is 0 Å². The first-order valence-corrected chi connectivity index (χ1v) is 8.55. The van der Waals surface area contributed by atoms with Crippen LogP contribution in [0.3, 0.4) is 0 Å². The second-order valence-electron chi connectivity index (χ2n) is 6.38. The Labute approximate surface area is 157 Å². The van der Waals surface area contributed by atoms with Crippen molar-refractivity contribution in [1.29, 1.82) is 0 Å². The maximum atomic E-state index is 12.6. The van der Waals surface area contributed by atoms with Gasteiger partial charge in [0.1, 0.15) is 0 Å². The lowest BCUT2D eigenvalue weighted by molar-refractivity contribution is 0.355. The summed E-state index contributed by atoms with van der Waals surface area (Å²) in [4.78, 5) is 25.3. The van der Waals surface area contributed by atoms with Crippen molar-refractivity contribution in [3.05, 3.63) is 86.2 Å². The molecule has 6 nitrogen and oxygen atoms in total. The molecule has 0 aliphatic rings. The summed E-state index contributed by atoms with van der Waals surface area (Å²) in [5.74, 6) is 1.04. The van der Waals surface area contributed by atoms with E-state index in [0.29, 0.717) is 23.7 Å². The molecule has 0 unspecified atom stereocenters. The van der Waals surface area contributed by atoms with E-state index < -0.39 is 11.1 Å². The van der Waals surface area contributed by atoms with E-state index >= 15 is 0 Å². The van der Waals surface area contributed by atoms with Crippen LogP contribution >= 0.6 is 0 Å². The monoisotopic (exact) mass is 366 g/mol. The Bertz CT molecular complexity index is 1100. The second-order valence-corrected chi connectivity index (χ2v) is 6.38. The molecule has 2 aromatic carbocycles. The molecule has 3 rings (SSSR count). The zero-order valence-electron chi connectivity index (χ0n) is 15.9. The number of benzene rings is 2.